The van der Waals surface area contributed by atoms with Gasteiger partial charge in [-0.2, -0.15) is 0 Å². The highest BCUT2D eigenvalue weighted by Gasteiger charge is 2.23. The summed E-state index contributed by atoms with van der Waals surface area (Å²) in [5.41, 5.74) is 2.62. The van der Waals surface area contributed by atoms with Crippen molar-refractivity contribution in [1.29, 1.82) is 0 Å². The first-order valence-corrected chi connectivity index (χ1v) is 6.24. The van der Waals surface area contributed by atoms with Crippen LogP contribution in [-0.2, 0) is 9.53 Å². The number of hydrogen-bond donors (Lipinski definition) is 0. The van der Waals surface area contributed by atoms with Gasteiger partial charge in [0.2, 0.25) is 5.90 Å². The molecule has 2 aromatic rings. The summed E-state index contributed by atoms with van der Waals surface area (Å²) in [5, 5.41) is 0. The topological polar surface area (TPSA) is 51.5 Å². The second-order valence-corrected chi connectivity index (χ2v) is 4.41. The number of carbonyl (C=O) groups excluding carboxylic acids is 1. The van der Waals surface area contributed by atoms with Gasteiger partial charge in [-0.3, -0.25) is 4.98 Å². The maximum Gasteiger partial charge on any atom is 0.363 e. The number of aliphatic imine (C=N–C) groups is 1. The zero-order valence-corrected chi connectivity index (χ0v) is 10.9. The predicted octanol–water partition coefficient (Wildman–Crippen LogP) is 2.73. The Morgan fingerprint density at radius 3 is 2.60 bits per heavy atom. The van der Waals surface area contributed by atoms with Crippen LogP contribution in [0.3, 0.4) is 0 Å². The van der Waals surface area contributed by atoms with Crippen LogP contribution in [0.4, 0.5) is 0 Å². The van der Waals surface area contributed by atoms with Crippen molar-refractivity contribution in [1.82, 2.24) is 4.98 Å². The van der Waals surface area contributed by atoms with Crippen LogP contribution in [0, 0.1) is 6.92 Å². The standard InChI is InChI=1S/C16H12N2O2/c1-11-6-5-9-13(17-11)10-14-16(19)20-15(18-14)12-7-3-2-4-8-12/h2-10H,1H3. The van der Waals surface area contributed by atoms with Crippen molar-refractivity contribution in [3.8, 4) is 0 Å². The van der Waals surface area contributed by atoms with E-state index in [-0.39, 0.29) is 5.70 Å². The van der Waals surface area contributed by atoms with Gasteiger partial charge in [0.05, 0.1) is 5.69 Å². The summed E-state index contributed by atoms with van der Waals surface area (Å²) in [6.45, 7) is 1.90. The summed E-state index contributed by atoms with van der Waals surface area (Å²) in [5.74, 6) is -0.123. The molecule has 0 aliphatic carbocycles. The summed E-state index contributed by atoms with van der Waals surface area (Å²) in [6.07, 6.45) is 1.63. The molecule has 0 fully saturated rings. The fourth-order valence-electron chi connectivity index (χ4n) is 1.90. The van der Waals surface area contributed by atoms with E-state index in [0.717, 1.165) is 11.3 Å². The molecule has 1 aliphatic heterocycles. The number of pyridine rings is 1. The maximum absolute atomic E-state index is 11.8. The Balaban J connectivity index is 1.95. The van der Waals surface area contributed by atoms with Crippen molar-refractivity contribution in [3.63, 3.8) is 0 Å². The number of cyclic esters (lactones) is 1. The first-order chi connectivity index (χ1) is 9.72. The van der Waals surface area contributed by atoms with Gasteiger partial charge in [-0.15, -0.1) is 0 Å². The summed E-state index contributed by atoms with van der Waals surface area (Å²) in [7, 11) is 0. The zero-order chi connectivity index (χ0) is 13.9. The molecule has 1 aliphatic rings. The number of rotatable bonds is 2. The highest BCUT2D eigenvalue weighted by atomic mass is 16.6. The second kappa shape index (κ2) is 5.09. The molecule has 0 spiro atoms. The third kappa shape index (κ3) is 2.49. The molecule has 20 heavy (non-hydrogen) atoms. The van der Waals surface area contributed by atoms with Crippen molar-refractivity contribution >= 4 is 17.9 Å². The third-order valence-electron chi connectivity index (χ3n) is 2.84. The van der Waals surface area contributed by atoms with E-state index in [1.165, 1.54) is 0 Å². The van der Waals surface area contributed by atoms with Gasteiger partial charge in [0.15, 0.2) is 5.70 Å². The lowest BCUT2D eigenvalue weighted by atomic mass is 10.2. The maximum atomic E-state index is 11.8. The molecule has 3 rings (SSSR count). The van der Waals surface area contributed by atoms with E-state index in [2.05, 4.69) is 9.98 Å². The molecule has 1 aromatic carbocycles. The molecule has 1 aromatic heterocycles. The van der Waals surface area contributed by atoms with E-state index in [9.17, 15) is 4.79 Å². The third-order valence-corrected chi connectivity index (χ3v) is 2.84. The van der Waals surface area contributed by atoms with E-state index in [0.29, 0.717) is 11.6 Å². The number of aryl methyl sites for hydroxylation is 1. The molecule has 0 saturated heterocycles. The molecule has 4 nitrogen and oxygen atoms in total. The largest absolute Gasteiger partial charge is 0.402 e. The normalized spacial score (nSPS) is 16.1. The molecule has 2 heterocycles. The lowest BCUT2D eigenvalue weighted by Crippen LogP contribution is -2.05. The van der Waals surface area contributed by atoms with E-state index >= 15 is 0 Å². The molecule has 0 amide bonds. The van der Waals surface area contributed by atoms with Crippen LogP contribution in [0.25, 0.3) is 6.08 Å². The zero-order valence-electron chi connectivity index (χ0n) is 10.9. The van der Waals surface area contributed by atoms with Crippen LogP contribution in [-0.4, -0.2) is 16.9 Å². The number of benzene rings is 1. The molecule has 0 atom stereocenters. The van der Waals surface area contributed by atoms with E-state index in [4.69, 9.17) is 4.74 Å². The Morgan fingerprint density at radius 2 is 1.85 bits per heavy atom. The van der Waals surface area contributed by atoms with Gasteiger partial charge in [0.1, 0.15) is 0 Å². The fourth-order valence-corrected chi connectivity index (χ4v) is 1.90. The van der Waals surface area contributed by atoms with Gasteiger partial charge in [-0.25, -0.2) is 9.79 Å². The highest BCUT2D eigenvalue weighted by Crippen LogP contribution is 2.18. The number of carbonyl (C=O) groups is 1. The van der Waals surface area contributed by atoms with Crippen molar-refractivity contribution in [2.45, 2.75) is 6.92 Å². The molecule has 4 heteroatoms. The second-order valence-electron chi connectivity index (χ2n) is 4.41. The Kier molecular flexibility index (Phi) is 3.13. The molecular weight excluding hydrogens is 252 g/mol. The Bertz CT molecular complexity index is 718. The Hall–Kier alpha value is -2.75. The highest BCUT2D eigenvalue weighted by molar-refractivity contribution is 6.12. The number of ether oxygens (including phenoxy) is 1. The summed E-state index contributed by atoms with van der Waals surface area (Å²) < 4.78 is 5.18. The van der Waals surface area contributed by atoms with Crippen LogP contribution in [0.5, 0.6) is 0 Å². The smallest absolute Gasteiger partial charge is 0.363 e. The van der Waals surface area contributed by atoms with Gasteiger partial charge in [0.25, 0.3) is 0 Å². The number of hydrogen-bond acceptors (Lipinski definition) is 4. The number of aromatic nitrogens is 1. The van der Waals surface area contributed by atoms with Crippen molar-refractivity contribution in [2.24, 2.45) is 4.99 Å². The summed E-state index contributed by atoms with van der Waals surface area (Å²) >= 11 is 0. The van der Waals surface area contributed by atoms with Crippen molar-refractivity contribution in [2.75, 3.05) is 0 Å². The Labute approximate surface area is 116 Å². The van der Waals surface area contributed by atoms with Gasteiger partial charge < -0.3 is 4.74 Å². The molecule has 0 N–H and O–H groups in total. The lowest BCUT2D eigenvalue weighted by Gasteiger charge is -1.97. The SMILES string of the molecule is Cc1cccc(C=C2N=C(c3ccccc3)OC2=O)n1. The van der Waals surface area contributed by atoms with Gasteiger partial charge >= 0.3 is 5.97 Å². The quantitative estimate of drug-likeness (QED) is 0.619. The number of nitrogens with zero attached hydrogens (tertiary/aromatic N) is 2. The lowest BCUT2D eigenvalue weighted by molar-refractivity contribution is -0.129. The summed E-state index contributed by atoms with van der Waals surface area (Å²) in [6, 6.07) is 14.9. The van der Waals surface area contributed by atoms with E-state index in [1.54, 1.807) is 6.08 Å². The fraction of sp³-hybridized carbons (Fsp3) is 0.0625. The van der Waals surface area contributed by atoms with E-state index in [1.807, 2.05) is 55.5 Å². The van der Waals surface area contributed by atoms with Gasteiger partial charge in [-0.05, 0) is 37.3 Å². The van der Waals surface area contributed by atoms with Gasteiger partial charge in [-0.1, -0.05) is 24.3 Å². The van der Waals surface area contributed by atoms with Gasteiger partial charge in [0, 0.05) is 11.3 Å². The van der Waals surface area contributed by atoms with E-state index < -0.39 is 5.97 Å². The van der Waals surface area contributed by atoms with Crippen LogP contribution < -0.4 is 0 Å². The first-order valence-electron chi connectivity index (χ1n) is 6.24. The van der Waals surface area contributed by atoms with Crippen LogP contribution in [0.15, 0.2) is 59.2 Å². The predicted molar refractivity (Wildman–Crippen MR) is 76.0 cm³/mol. The summed E-state index contributed by atoms with van der Waals surface area (Å²) in [4.78, 5) is 20.4. The molecule has 0 bridgehead atoms. The monoisotopic (exact) mass is 264 g/mol. The van der Waals surface area contributed by atoms with Crippen LogP contribution in [0.2, 0.25) is 0 Å². The minimum Gasteiger partial charge on any atom is -0.402 e. The van der Waals surface area contributed by atoms with Crippen LogP contribution in [0.1, 0.15) is 17.0 Å². The molecular formula is C16H12N2O2. The minimum absolute atomic E-state index is 0.266. The Morgan fingerprint density at radius 1 is 1.05 bits per heavy atom. The molecule has 0 unspecified atom stereocenters. The average molecular weight is 264 g/mol. The minimum atomic E-state index is -0.452. The van der Waals surface area contributed by atoms with Crippen molar-refractivity contribution < 1.29 is 9.53 Å². The number of esters is 1. The van der Waals surface area contributed by atoms with Crippen LogP contribution >= 0.6 is 0 Å². The molecule has 98 valence electrons. The average Bonchev–Trinajstić information content (AvgIpc) is 2.81. The first kappa shape index (κ1) is 12.3. The molecule has 0 saturated carbocycles. The molecule has 0 radical (unpaired) electrons. The van der Waals surface area contributed by atoms with Crippen molar-refractivity contribution in [3.05, 3.63) is 71.2 Å².